The number of hydrogen-bond acceptors (Lipinski definition) is 2. The van der Waals surface area contributed by atoms with E-state index < -0.39 is 0 Å². The molecule has 1 N–H and O–H groups in total. The molecule has 2 unspecified atom stereocenters. The molecule has 1 rings (SSSR count). The number of ketones is 1. The first-order chi connectivity index (χ1) is 8.26. The van der Waals surface area contributed by atoms with Crippen molar-refractivity contribution in [3.8, 4) is 0 Å². The van der Waals surface area contributed by atoms with E-state index in [0.717, 1.165) is 12.8 Å². The molecule has 0 spiro atoms. The van der Waals surface area contributed by atoms with Crippen LogP contribution < -0.4 is 5.32 Å². The molecule has 0 aliphatic carbocycles. The second-order valence-corrected chi connectivity index (χ2v) is 5.50. The first kappa shape index (κ1) is 14.7. The van der Waals surface area contributed by atoms with Crippen LogP contribution in [-0.2, 0) is 4.79 Å². The molecule has 1 aliphatic rings. The van der Waals surface area contributed by atoms with Gasteiger partial charge in [-0.2, -0.15) is 0 Å². The van der Waals surface area contributed by atoms with Crippen molar-refractivity contribution in [2.24, 2.45) is 0 Å². The second kappa shape index (κ2) is 8.68. The van der Waals surface area contributed by atoms with Gasteiger partial charge in [-0.3, -0.25) is 4.79 Å². The molecular formula is C15H29NO. The van der Waals surface area contributed by atoms with Gasteiger partial charge in [-0.15, -0.1) is 0 Å². The van der Waals surface area contributed by atoms with Crippen molar-refractivity contribution in [3.63, 3.8) is 0 Å². The number of piperidine rings is 1. The fourth-order valence-electron chi connectivity index (χ4n) is 2.74. The summed E-state index contributed by atoms with van der Waals surface area (Å²) < 4.78 is 0. The Bertz CT molecular complexity index is 195. The van der Waals surface area contributed by atoms with Crippen LogP contribution in [0, 0.1) is 0 Å². The summed E-state index contributed by atoms with van der Waals surface area (Å²) in [5.41, 5.74) is 0. The Morgan fingerprint density at radius 3 is 1.82 bits per heavy atom. The van der Waals surface area contributed by atoms with E-state index in [1.165, 1.54) is 51.4 Å². The molecule has 0 bridgehead atoms. The standard InChI is InChI=1S/C15H29NO/c1-3-5-7-9-13-11-15(17)12-14(16-13)10-8-6-4-2/h13-14,16H,3-12H2,1-2H3. The van der Waals surface area contributed by atoms with E-state index in [1.54, 1.807) is 0 Å². The van der Waals surface area contributed by atoms with Crippen LogP contribution in [0.4, 0.5) is 0 Å². The molecule has 1 heterocycles. The molecule has 2 heteroatoms. The Morgan fingerprint density at radius 1 is 0.941 bits per heavy atom. The number of unbranched alkanes of at least 4 members (excludes halogenated alkanes) is 4. The van der Waals surface area contributed by atoms with Crippen LogP contribution >= 0.6 is 0 Å². The molecule has 0 aromatic rings. The summed E-state index contributed by atoms with van der Waals surface area (Å²) >= 11 is 0. The van der Waals surface area contributed by atoms with Crippen LogP contribution in [0.2, 0.25) is 0 Å². The summed E-state index contributed by atoms with van der Waals surface area (Å²) in [6, 6.07) is 0.934. The zero-order chi connectivity index (χ0) is 12.5. The molecule has 0 aromatic heterocycles. The summed E-state index contributed by atoms with van der Waals surface area (Å²) in [6.07, 6.45) is 11.6. The number of nitrogens with one attached hydrogen (secondary N) is 1. The zero-order valence-corrected chi connectivity index (χ0v) is 11.6. The van der Waals surface area contributed by atoms with Crippen molar-refractivity contribution in [1.82, 2.24) is 5.32 Å². The lowest BCUT2D eigenvalue weighted by molar-refractivity contribution is -0.121. The van der Waals surface area contributed by atoms with Crippen LogP contribution in [0.15, 0.2) is 0 Å². The zero-order valence-electron chi connectivity index (χ0n) is 11.6. The number of Topliss-reactive ketones (excluding diaryl/α,β-unsaturated/α-hetero) is 1. The van der Waals surface area contributed by atoms with E-state index in [1.807, 2.05) is 0 Å². The van der Waals surface area contributed by atoms with Crippen molar-refractivity contribution in [2.75, 3.05) is 0 Å². The average molecular weight is 239 g/mol. The highest BCUT2D eigenvalue weighted by molar-refractivity contribution is 5.80. The summed E-state index contributed by atoms with van der Waals surface area (Å²) in [7, 11) is 0. The minimum Gasteiger partial charge on any atom is -0.310 e. The molecule has 0 radical (unpaired) electrons. The number of rotatable bonds is 8. The predicted octanol–water partition coefficient (Wildman–Crippen LogP) is 3.84. The van der Waals surface area contributed by atoms with Crippen molar-refractivity contribution < 1.29 is 4.79 Å². The second-order valence-electron chi connectivity index (χ2n) is 5.50. The van der Waals surface area contributed by atoms with Gasteiger partial charge in [0.05, 0.1) is 0 Å². The lowest BCUT2D eigenvalue weighted by Gasteiger charge is -2.30. The minimum atomic E-state index is 0.467. The molecule has 1 fully saturated rings. The van der Waals surface area contributed by atoms with Gasteiger partial charge in [0.1, 0.15) is 5.78 Å². The van der Waals surface area contributed by atoms with Crippen molar-refractivity contribution in [3.05, 3.63) is 0 Å². The van der Waals surface area contributed by atoms with E-state index >= 15 is 0 Å². The van der Waals surface area contributed by atoms with Gasteiger partial charge in [0.2, 0.25) is 0 Å². The van der Waals surface area contributed by atoms with E-state index in [-0.39, 0.29) is 0 Å². The molecule has 2 atom stereocenters. The number of hydrogen-bond donors (Lipinski definition) is 1. The quantitative estimate of drug-likeness (QED) is 0.652. The monoisotopic (exact) mass is 239 g/mol. The molecule has 1 aliphatic heterocycles. The Morgan fingerprint density at radius 2 is 1.41 bits per heavy atom. The molecular weight excluding hydrogens is 210 g/mol. The third-order valence-corrected chi connectivity index (χ3v) is 3.73. The Kier molecular flexibility index (Phi) is 7.50. The molecule has 100 valence electrons. The van der Waals surface area contributed by atoms with Crippen LogP contribution in [0.3, 0.4) is 0 Å². The fraction of sp³-hybridized carbons (Fsp3) is 0.933. The van der Waals surface area contributed by atoms with Crippen molar-refractivity contribution in [1.29, 1.82) is 0 Å². The predicted molar refractivity (Wildman–Crippen MR) is 73.2 cm³/mol. The summed E-state index contributed by atoms with van der Waals surface area (Å²) in [5, 5.41) is 3.68. The Hall–Kier alpha value is -0.370. The lowest BCUT2D eigenvalue weighted by atomic mass is 9.91. The van der Waals surface area contributed by atoms with Crippen LogP contribution in [0.5, 0.6) is 0 Å². The van der Waals surface area contributed by atoms with E-state index in [0.29, 0.717) is 17.9 Å². The Labute approximate surface area is 107 Å². The first-order valence-electron chi connectivity index (χ1n) is 7.54. The van der Waals surface area contributed by atoms with Gasteiger partial charge in [0.15, 0.2) is 0 Å². The van der Waals surface area contributed by atoms with Gasteiger partial charge in [0, 0.05) is 24.9 Å². The smallest absolute Gasteiger partial charge is 0.136 e. The van der Waals surface area contributed by atoms with E-state index in [4.69, 9.17) is 0 Å². The molecule has 1 saturated heterocycles. The fourth-order valence-corrected chi connectivity index (χ4v) is 2.74. The summed E-state index contributed by atoms with van der Waals surface area (Å²) in [4.78, 5) is 11.7. The molecule has 17 heavy (non-hydrogen) atoms. The third kappa shape index (κ3) is 6.21. The van der Waals surface area contributed by atoms with Gasteiger partial charge in [-0.25, -0.2) is 0 Å². The van der Waals surface area contributed by atoms with E-state index in [2.05, 4.69) is 19.2 Å². The number of carbonyl (C=O) groups is 1. The highest BCUT2D eigenvalue weighted by Gasteiger charge is 2.25. The largest absolute Gasteiger partial charge is 0.310 e. The highest BCUT2D eigenvalue weighted by atomic mass is 16.1. The SMILES string of the molecule is CCCCCC1CC(=O)CC(CCCCC)N1. The summed E-state index contributed by atoms with van der Waals surface area (Å²) in [6.45, 7) is 4.46. The molecule has 0 aromatic carbocycles. The van der Waals surface area contributed by atoms with Gasteiger partial charge in [-0.1, -0.05) is 52.4 Å². The van der Waals surface area contributed by atoms with Crippen LogP contribution in [-0.4, -0.2) is 17.9 Å². The first-order valence-corrected chi connectivity index (χ1v) is 7.54. The van der Waals surface area contributed by atoms with Crippen LogP contribution in [0.25, 0.3) is 0 Å². The van der Waals surface area contributed by atoms with Crippen molar-refractivity contribution >= 4 is 5.78 Å². The van der Waals surface area contributed by atoms with Gasteiger partial charge < -0.3 is 5.32 Å². The van der Waals surface area contributed by atoms with Crippen molar-refractivity contribution in [2.45, 2.75) is 90.1 Å². The van der Waals surface area contributed by atoms with Gasteiger partial charge in [0.25, 0.3) is 0 Å². The Balaban J connectivity index is 2.24. The normalized spacial score (nSPS) is 25.2. The third-order valence-electron chi connectivity index (χ3n) is 3.73. The topological polar surface area (TPSA) is 29.1 Å². The number of carbonyl (C=O) groups excluding carboxylic acids is 1. The minimum absolute atomic E-state index is 0.467. The summed E-state index contributed by atoms with van der Waals surface area (Å²) in [5.74, 6) is 0.478. The van der Waals surface area contributed by atoms with Gasteiger partial charge >= 0.3 is 0 Å². The lowest BCUT2D eigenvalue weighted by Crippen LogP contribution is -2.45. The molecule has 0 amide bonds. The van der Waals surface area contributed by atoms with Gasteiger partial charge in [-0.05, 0) is 12.8 Å². The average Bonchev–Trinajstić information content (AvgIpc) is 2.29. The maximum atomic E-state index is 11.7. The molecule has 0 saturated carbocycles. The maximum absolute atomic E-state index is 11.7. The molecule has 2 nitrogen and oxygen atoms in total. The highest BCUT2D eigenvalue weighted by Crippen LogP contribution is 2.18. The maximum Gasteiger partial charge on any atom is 0.136 e. The van der Waals surface area contributed by atoms with E-state index in [9.17, 15) is 4.79 Å². The van der Waals surface area contributed by atoms with Crippen LogP contribution in [0.1, 0.15) is 78.1 Å².